The first-order chi connectivity index (χ1) is 13.4. The molecule has 1 aromatic carbocycles. The van der Waals surface area contributed by atoms with E-state index < -0.39 is 18.3 Å². The molecule has 8 heteroatoms. The predicted molar refractivity (Wildman–Crippen MR) is 96.9 cm³/mol. The number of aliphatic hydroxyl groups is 1. The summed E-state index contributed by atoms with van der Waals surface area (Å²) < 4.78 is 43.5. The Bertz CT molecular complexity index is 976. The van der Waals surface area contributed by atoms with Gasteiger partial charge in [-0.15, -0.1) is 0 Å². The van der Waals surface area contributed by atoms with E-state index in [2.05, 4.69) is 10.2 Å². The second kappa shape index (κ2) is 7.43. The molecule has 1 aliphatic carbocycles. The lowest BCUT2D eigenvalue weighted by Gasteiger charge is -2.14. The van der Waals surface area contributed by atoms with Gasteiger partial charge in [0.1, 0.15) is 11.5 Å². The highest BCUT2D eigenvalue weighted by Gasteiger charge is 2.23. The van der Waals surface area contributed by atoms with E-state index in [1.165, 1.54) is 48.7 Å². The Labute approximate surface area is 160 Å². The Balaban J connectivity index is 1.70. The number of hydrogen-bond acceptors (Lipinski definition) is 3. The number of aromatic nitrogens is 4. The maximum atomic E-state index is 13.6. The van der Waals surface area contributed by atoms with Crippen LogP contribution in [0.15, 0.2) is 36.7 Å². The molecule has 0 amide bonds. The molecule has 0 radical (unpaired) electrons. The van der Waals surface area contributed by atoms with Gasteiger partial charge in [0.25, 0.3) is 6.43 Å². The third kappa shape index (κ3) is 3.96. The molecular formula is C20H21F3N4O. The van der Waals surface area contributed by atoms with Crippen LogP contribution in [-0.4, -0.2) is 24.7 Å². The van der Waals surface area contributed by atoms with E-state index in [0.717, 1.165) is 12.1 Å². The second-order valence-electron chi connectivity index (χ2n) is 7.34. The summed E-state index contributed by atoms with van der Waals surface area (Å²) in [7, 11) is 0. The first-order valence-electron chi connectivity index (χ1n) is 9.27. The van der Waals surface area contributed by atoms with Crippen LogP contribution in [0.2, 0.25) is 0 Å². The maximum absolute atomic E-state index is 13.6. The third-order valence-corrected chi connectivity index (χ3v) is 4.91. The highest BCUT2D eigenvalue weighted by atomic mass is 19.3. The Morgan fingerprint density at radius 1 is 1.25 bits per heavy atom. The van der Waals surface area contributed by atoms with E-state index in [9.17, 15) is 18.3 Å². The van der Waals surface area contributed by atoms with Crippen LogP contribution in [0.25, 0.3) is 5.69 Å². The zero-order valence-corrected chi connectivity index (χ0v) is 15.4. The largest absolute Gasteiger partial charge is 0.389 e. The number of rotatable bonds is 7. The van der Waals surface area contributed by atoms with Gasteiger partial charge in [0.2, 0.25) is 0 Å². The summed E-state index contributed by atoms with van der Waals surface area (Å²) in [6.45, 7) is 2.36. The quantitative estimate of drug-likeness (QED) is 0.658. The third-order valence-electron chi connectivity index (χ3n) is 4.91. The van der Waals surface area contributed by atoms with Gasteiger partial charge in [0, 0.05) is 30.4 Å². The fourth-order valence-corrected chi connectivity index (χ4v) is 3.31. The van der Waals surface area contributed by atoms with E-state index >= 15 is 0 Å². The molecule has 0 bridgehead atoms. The molecule has 5 nitrogen and oxygen atoms in total. The predicted octanol–water partition coefficient (Wildman–Crippen LogP) is 4.20. The fourth-order valence-electron chi connectivity index (χ4n) is 3.31. The smallest absolute Gasteiger partial charge is 0.282 e. The number of halogens is 3. The molecule has 1 N–H and O–H groups in total. The van der Waals surface area contributed by atoms with Crippen molar-refractivity contribution in [3.05, 3.63) is 65.0 Å². The molecule has 1 fully saturated rings. The first-order valence-corrected chi connectivity index (χ1v) is 9.27. The summed E-state index contributed by atoms with van der Waals surface area (Å²) >= 11 is 0. The van der Waals surface area contributed by atoms with Crippen molar-refractivity contribution in [3.8, 4) is 5.69 Å². The van der Waals surface area contributed by atoms with Crippen LogP contribution < -0.4 is 0 Å². The van der Waals surface area contributed by atoms with Crippen molar-refractivity contribution in [2.24, 2.45) is 5.92 Å². The number of nitrogens with zero attached hydrogens (tertiary/aromatic N) is 4. The van der Waals surface area contributed by atoms with E-state index in [1.54, 1.807) is 6.20 Å². The molecule has 3 aromatic rings. The Hall–Kier alpha value is -2.61. The molecule has 4 rings (SSSR count). The van der Waals surface area contributed by atoms with Crippen LogP contribution in [0.3, 0.4) is 0 Å². The lowest BCUT2D eigenvalue weighted by Crippen LogP contribution is -2.08. The molecule has 0 unspecified atom stereocenters. The molecule has 0 aliphatic heterocycles. The van der Waals surface area contributed by atoms with Crippen molar-refractivity contribution in [3.63, 3.8) is 0 Å². The summed E-state index contributed by atoms with van der Waals surface area (Å²) in [5.74, 6) is 0.167. The molecule has 2 heterocycles. The highest BCUT2D eigenvalue weighted by Crippen LogP contribution is 2.31. The van der Waals surface area contributed by atoms with E-state index in [4.69, 9.17) is 0 Å². The minimum Gasteiger partial charge on any atom is -0.389 e. The van der Waals surface area contributed by atoms with Gasteiger partial charge in [-0.25, -0.2) is 17.9 Å². The summed E-state index contributed by atoms with van der Waals surface area (Å²) in [4.78, 5) is 0. The molecule has 0 saturated heterocycles. The van der Waals surface area contributed by atoms with Gasteiger partial charge >= 0.3 is 0 Å². The Morgan fingerprint density at radius 2 is 2.04 bits per heavy atom. The average Bonchev–Trinajstić information content (AvgIpc) is 3.18. The summed E-state index contributed by atoms with van der Waals surface area (Å²) in [5.41, 5.74) is 1.71. The lowest BCUT2D eigenvalue weighted by molar-refractivity contribution is 0.145. The van der Waals surface area contributed by atoms with E-state index in [1.807, 2.05) is 10.9 Å². The Morgan fingerprint density at radius 3 is 2.71 bits per heavy atom. The van der Waals surface area contributed by atoms with Gasteiger partial charge in [-0.1, -0.05) is 0 Å². The number of benzene rings is 1. The zero-order chi connectivity index (χ0) is 19.8. The van der Waals surface area contributed by atoms with Crippen LogP contribution >= 0.6 is 0 Å². The minimum absolute atomic E-state index is 0.287. The zero-order valence-electron chi connectivity index (χ0n) is 15.4. The van der Waals surface area contributed by atoms with Gasteiger partial charge in [-0.05, 0) is 55.5 Å². The molecular weight excluding hydrogens is 369 g/mol. The molecule has 1 aliphatic rings. The van der Waals surface area contributed by atoms with Crippen LogP contribution in [0.4, 0.5) is 13.2 Å². The first kappa shape index (κ1) is 18.7. The van der Waals surface area contributed by atoms with Crippen LogP contribution in [0.5, 0.6) is 0 Å². The molecule has 0 spiro atoms. The SMILES string of the molecule is C[C@@H](O)c1cc(F)ccc1-n1nc(C(F)F)cc1Cc1cnn(CC2CC2)c1. The summed E-state index contributed by atoms with van der Waals surface area (Å²) in [6, 6.07) is 5.21. The topological polar surface area (TPSA) is 55.9 Å². The number of aliphatic hydroxyl groups excluding tert-OH is 1. The minimum atomic E-state index is -2.73. The van der Waals surface area contributed by atoms with Crippen molar-refractivity contribution in [1.82, 2.24) is 19.6 Å². The lowest BCUT2D eigenvalue weighted by atomic mass is 10.1. The van der Waals surface area contributed by atoms with Crippen molar-refractivity contribution >= 4 is 0 Å². The van der Waals surface area contributed by atoms with E-state index in [-0.39, 0.29) is 11.3 Å². The van der Waals surface area contributed by atoms with Gasteiger partial charge < -0.3 is 5.11 Å². The monoisotopic (exact) mass is 390 g/mol. The van der Waals surface area contributed by atoms with Gasteiger partial charge in [0.15, 0.2) is 0 Å². The fraction of sp³-hybridized carbons (Fsp3) is 0.400. The van der Waals surface area contributed by atoms with Crippen molar-refractivity contribution in [2.75, 3.05) is 0 Å². The normalized spacial score (nSPS) is 15.4. The molecule has 148 valence electrons. The molecule has 1 saturated carbocycles. The van der Waals surface area contributed by atoms with Crippen molar-refractivity contribution in [1.29, 1.82) is 0 Å². The van der Waals surface area contributed by atoms with Crippen LogP contribution in [0.1, 0.15) is 54.8 Å². The number of hydrogen-bond donors (Lipinski definition) is 1. The van der Waals surface area contributed by atoms with Crippen molar-refractivity contribution < 1.29 is 18.3 Å². The maximum Gasteiger partial charge on any atom is 0.282 e. The van der Waals surface area contributed by atoms with Crippen LogP contribution in [0, 0.1) is 11.7 Å². The highest BCUT2D eigenvalue weighted by molar-refractivity contribution is 5.44. The molecule has 2 aromatic heterocycles. The number of alkyl halides is 2. The summed E-state index contributed by atoms with van der Waals surface area (Å²) in [6.07, 6.45) is 2.71. The summed E-state index contributed by atoms with van der Waals surface area (Å²) in [5, 5.41) is 18.4. The van der Waals surface area contributed by atoms with Gasteiger partial charge in [-0.3, -0.25) is 4.68 Å². The van der Waals surface area contributed by atoms with Gasteiger partial charge in [0.05, 0.1) is 18.0 Å². The average molecular weight is 390 g/mol. The van der Waals surface area contributed by atoms with Crippen LogP contribution in [-0.2, 0) is 13.0 Å². The van der Waals surface area contributed by atoms with Gasteiger partial charge in [-0.2, -0.15) is 10.2 Å². The molecule has 28 heavy (non-hydrogen) atoms. The second-order valence-corrected chi connectivity index (χ2v) is 7.34. The van der Waals surface area contributed by atoms with Crippen molar-refractivity contribution in [2.45, 2.75) is 45.3 Å². The Kier molecular flexibility index (Phi) is 4.97. The standard InChI is InChI=1S/C20H21F3N4O/c1-12(28)17-7-15(21)4-5-19(17)27-16(8-18(25-27)20(22)23)6-14-9-24-26(11-14)10-13-2-3-13/h4-5,7-9,11-13,20,28H,2-3,6,10H2,1H3/t12-/m1/s1. The van der Waals surface area contributed by atoms with E-state index in [0.29, 0.717) is 23.7 Å². The molecule has 1 atom stereocenters.